The van der Waals surface area contributed by atoms with E-state index in [1.54, 1.807) is 0 Å². The largest absolute Gasteiger partial charge is 0.327 e. The summed E-state index contributed by atoms with van der Waals surface area (Å²) in [5.41, 5.74) is 6.10. The SMILES string of the molecule is CC1C(N)CCN(C(C)C2CC2)C1C. The summed E-state index contributed by atoms with van der Waals surface area (Å²) in [5.74, 6) is 1.64. The Kier molecular flexibility index (Phi) is 2.85. The van der Waals surface area contributed by atoms with Gasteiger partial charge in [-0.05, 0) is 44.9 Å². The third-order valence-electron chi connectivity index (χ3n) is 4.51. The topological polar surface area (TPSA) is 29.3 Å². The van der Waals surface area contributed by atoms with E-state index in [9.17, 15) is 0 Å². The van der Waals surface area contributed by atoms with Crippen molar-refractivity contribution in [3.05, 3.63) is 0 Å². The number of nitrogens with zero attached hydrogens (tertiary/aromatic N) is 1. The zero-order valence-corrected chi connectivity index (χ0v) is 9.74. The summed E-state index contributed by atoms with van der Waals surface area (Å²) in [6, 6.07) is 1.89. The molecular formula is C12H24N2. The van der Waals surface area contributed by atoms with Crippen LogP contribution in [0.1, 0.15) is 40.0 Å². The van der Waals surface area contributed by atoms with Crippen LogP contribution in [0.5, 0.6) is 0 Å². The van der Waals surface area contributed by atoms with Gasteiger partial charge in [-0.2, -0.15) is 0 Å². The molecule has 0 aromatic heterocycles. The molecule has 1 saturated carbocycles. The maximum atomic E-state index is 6.10. The van der Waals surface area contributed by atoms with Crippen LogP contribution in [0.15, 0.2) is 0 Å². The van der Waals surface area contributed by atoms with Crippen LogP contribution in [0.2, 0.25) is 0 Å². The second-order valence-electron chi connectivity index (χ2n) is 5.37. The first-order chi connectivity index (χ1) is 6.61. The van der Waals surface area contributed by atoms with Gasteiger partial charge in [0.1, 0.15) is 0 Å². The van der Waals surface area contributed by atoms with E-state index in [0.29, 0.717) is 18.0 Å². The zero-order chi connectivity index (χ0) is 10.3. The first-order valence-corrected chi connectivity index (χ1v) is 6.12. The van der Waals surface area contributed by atoms with Crippen LogP contribution in [-0.4, -0.2) is 29.6 Å². The average molecular weight is 196 g/mol. The fourth-order valence-electron chi connectivity index (χ4n) is 2.85. The Bertz CT molecular complexity index is 200. The molecule has 2 fully saturated rings. The highest BCUT2D eigenvalue weighted by molar-refractivity contribution is 4.93. The lowest BCUT2D eigenvalue weighted by molar-refractivity contribution is 0.0544. The molecule has 2 nitrogen and oxygen atoms in total. The predicted molar refractivity (Wildman–Crippen MR) is 60.1 cm³/mol. The Morgan fingerprint density at radius 2 is 1.86 bits per heavy atom. The molecule has 2 rings (SSSR count). The molecule has 0 aromatic carbocycles. The Balaban J connectivity index is 1.98. The number of rotatable bonds is 2. The molecule has 0 amide bonds. The Morgan fingerprint density at radius 1 is 1.21 bits per heavy atom. The fourth-order valence-corrected chi connectivity index (χ4v) is 2.85. The minimum atomic E-state index is 0.424. The summed E-state index contributed by atoms with van der Waals surface area (Å²) < 4.78 is 0. The molecule has 1 saturated heterocycles. The third-order valence-corrected chi connectivity index (χ3v) is 4.51. The molecule has 1 heterocycles. The first-order valence-electron chi connectivity index (χ1n) is 6.12. The summed E-state index contributed by atoms with van der Waals surface area (Å²) in [7, 11) is 0. The van der Waals surface area contributed by atoms with E-state index in [2.05, 4.69) is 25.7 Å². The molecule has 4 unspecified atom stereocenters. The van der Waals surface area contributed by atoms with Gasteiger partial charge in [0.25, 0.3) is 0 Å². The molecule has 2 aliphatic rings. The van der Waals surface area contributed by atoms with Crippen molar-refractivity contribution in [2.24, 2.45) is 17.6 Å². The maximum absolute atomic E-state index is 6.10. The van der Waals surface area contributed by atoms with E-state index < -0.39 is 0 Å². The van der Waals surface area contributed by atoms with E-state index in [-0.39, 0.29) is 0 Å². The average Bonchev–Trinajstić information content (AvgIpc) is 2.97. The van der Waals surface area contributed by atoms with Gasteiger partial charge in [0, 0.05) is 24.7 Å². The van der Waals surface area contributed by atoms with Gasteiger partial charge in [-0.15, -0.1) is 0 Å². The van der Waals surface area contributed by atoms with Crippen LogP contribution in [0.25, 0.3) is 0 Å². The summed E-state index contributed by atoms with van der Waals surface area (Å²) in [4.78, 5) is 2.69. The van der Waals surface area contributed by atoms with Crippen LogP contribution in [0, 0.1) is 11.8 Å². The van der Waals surface area contributed by atoms with E-state index >= 15 is 0 Å². The molecule has 0 bridgehead atoms. The van der Waals surface area contributed by atoms with Crippen molar-refractivity contribution in [3.63, 3.8) is 0 Å². The van der Waals surface area contributed by atoms with Crippen molar-refractivity contribution < 1.29 is 0 Å². The van der Waals surface area contributed by atoms with E-state index in [4.69, 9.17) is 5.73 Å². The van der Waals surface area contributed by atoms with Crippen molar-refractivity contribution >= 4 is 0 Å². The second-order valence-corrected chi connectivity index (χ2v) is 5.37. The number of nitrogens with two attached hydrogens (primary N) is 1. The maximum Gasteiger partial charge on any atom is 0.0110 e. The van der Waals surface area contributed by atoms with Gasteiger partial charge in [0.15, 0.2) is 0 Å². The molecule has 82 valence electrons. The van der Waals surface area contributed by atoms with Gasteiger partial charge in [0.05, 0.1) is 0 Å². The van der Waals surface area contributed by atoms with E-state index in [1.165, 1.54) is 25.8 Å². The number of hydrogen-bond donors (Lipinski definition) is 1. The summed E-state index contributed by atoms with van der Waals surface area (Å²) in [5, 5.41) is 0. The lowest BCUT2D eigenvalue weighted by Gasteiger charge is -2.44. The Morgan fingerprint density at radius 3 is 2.43 bits per heavy atom. The normalized spacial score (nSPS) is 42.4. The van der Waals surface area contributed by atoms with Crippen LogP contribution in [-0.2, 0) is 0 Å². The van der Waals surface area contributed by atoms with Crippen LogP contribution in [0.4, 0.5) is 0 Å². The fraction of sp³-hybridized carbons (Fsp3) is 1.00. The highest BCUT2D eigenvalue weighted by Crippen LogP contribution is 2.38. The highest BCUT2D eigenvalue weighted by atomic mass is 15.2. The molecule has 4 atom stereocenters. The molecule has 2 heteroatoms. The lowest BCUT2D eigenvalue weighted by atomic mass is 9.86. The van der Waals surface area contributed by atoms with Crippen LogP contribution in [0.3, 0.4) is 0 Å². The molecule has 1 aliphatic heterocycles. The number of piperidine rings is 1. The Labute approximate surface area is 87.8 Å². The molecule has 0 spiro atoms. The standard InChI is InChI=1S/C12H24N2/c1-8-9(2)14(7-6-12(8)13)10(3)11-4-5-11/h8-12H,4-7,13H2,1-3H3. The van der Waals surface area contributed by atoms with E-state index in [0.717, 1.165) is 12.0 Å². The Hall–Kier alpha value is -0.0800. The van der Waals surface area contributed by atoms with Crippen molar-refractivity contribution in [2.75, 3.05) is 6.54 Å². The molecular weight excluding hydrogens is 172 g/mol. The third kappa shape index (κ3) is 1.82. The van der Waals surface area contributed by atoms with Crippen molar-refractivity contribution in [2.45, 2.75) is 58.2 Å². The summed E-state index contributed by atoms with van der Waals surface area (Å²) in [6.07, 6.45) is 4.08. The van der Waals surface area contributed by atoms with Gasteiger partial charge in [-0.25, -0.2) is 0 Å². The zero-order valence-electron chi connectivity index (χ0n) is 9.74. The predicted octanol–water partition coefficient (Wildman–Crippen LogP) is 1.84. The molecule has 14 heavy (non-hydrogen) atoms. The first kappa shape index (κ1) is 10.4. The van der Waals surface area contributed by atoms with Crippen molar-refractivity contribution in [1.82, 2.24) is 4.90 Å². The minimum Gasteiger partial charge on any atom is -0.327 e. The van der Waals surface area contributed by atoms with Gasteiger partial charge < -0.3 is 5.73 Å². The smallest absolute Gasteiger partial charge is 0.0110 e. The van der Waals surface area contributed by atoms with Gasteiger partial charge in [0.2, 0.25) is 0 Å². The number of hydrogen-bond acceptors (Lipinski definition) is 2. The molecule has 0 aromatic rings. The van der Waals surface area contributed by atoms with E-state index in [1.807, 2.05) is 0 Å². The number of likely N-dealkylation sites (tertiary alicyclic amines) is 1. The summed E-state index contributed by atoms with van der Waals surface area (Å²) in [6.45, 7) is 8.27. The molecule has 1 aliphatic carbocycles. The molecule has 2 N–H and O–H groups in total. The second kappa shape index (κ2) is 3.82. The molecule has 0 radical (unpaired) electrons. The van der Waals surface area contributed by atoms with Crippen LogP contribution < -0.4 is 5.73 Å². The van der Waals surface area contributed by atoms with Gasteiger partial charge in [-0.1, -0.05) is 6.92 Å². The summed E-state index contributed by atoms with van der Waals surface area (Å²) >= 11 is 0. The minimum absolute atomic E-state index is 0.424. The van der Waals surface area contributed by atoms with Crippen LogP contribution >= 0.6 is 0 Å². The quantitative estimate of drug-likeness (QED) is 0.730. The van der Waals surface area contributed by atoms with Crippen molar-refractivity contribution in [3.8, 4) is 0 Å². The van der Waals surface area contributed by atoms with Gasteiger partial charge >= 0.3 is 0 Å². The van der Waals surface area contributed by atoms with Crippen molar-refractivity contribution in [1.29, 1.82) is 0 Å². The van der Waals surface area contributed by atoms with Gasteiger partial charge in [-0.3, -0.25) is 4.90 Å². The highest BCUT2D eigenvalue weighted by Gasteiger charge is 2.38. The lowest BCUT2D eigenvalue weighted by Crippen LogP contribution is -2.54. The monoisotopic (exact) mass is 196 g/mol.